The van der Waals surface area contributed by atoms with E-state index < -0.39 is 0 Å². The second-order valence-electron chi connectivity index (χ2n) is 5.77. The van der Waals surface area contributed by atoms with E-state index in [2.05, 4.69) is 17.4 Å². The predicted octanol–water partition coefficient (Wildman–Crippen LogP) is 4.44. The second kappa shape index (κ2) is 11.4. The molecule has 136 valence electrons. The zero-order valence-electron chi connectivity index (χ0n) is 14.2. The number of hydrogen-bond acceptors (Lipinski definition) is 3. The van der Waals surface area contributed by atoms with Crippen LogP contribution in [0.5, 0.6) is 0 Å². The molecule has 0 bridgehead atoms. The zero-order chi connectivity index (χ0) is 17.4. The minimum Gasteiger partial charge on any atom is -0.355 e. The number of amides is 1. The van der Waals surface area contributed by atoms with Gasteiger partial charge in [-0.25, -0.2) is 0 Å². The van der Waals surface area contributed by atoms with E-state index in [9.17, 15) is 4.79 Å². The van der Waals surface area contributed by atoms with Crippen LogP contribution >= 0.6 is 35.8 Å². The van der Waals surface area contributed by atoms with Gasteiger partial charge in [0, 0.05) is 17.6 Å². The number of carbonyl (C=O) groups excluding carboxylic acids is 1. The first-order valence-electron chi connectivity index (χ1n) is 8.00. The van der Waals surface area contributed by atoms with Crippen LogP contribution in [0.15, 0.2) is 54.6 Å². The summed E-state index contributed by atoms with van der Waals surface area (Å²) in [5.41, 5.74) is 8.01. The Kier molecular flexibility index (Phi) is 9.98. The maximum Gasteiger partial charge on any atom is 0.230 e. The monoisotopic (exact) mass is 398 g/mol. The molecule has 0 aliphatic heterocycles. The number of carbonyl (C=O) groups is 1. The average Bonchev–Trinajstić information content (AvgIpc) is 2.57. The first kappa shape index (κ1) is 21.8. The van der Waals surface area contributed by atoms with Crippen molar-refractivity contribution in [3.63, 3.8) is 0 Å². The van der Waals surface area contributed by atoms with Crippen LogP contribution in [0.4, 0.5) is 0 Å². The number of halogens is 2. The smallest absolute Gasteiger partial charge is 0.230 e. The Hall–Kier alpha value is -1.20. The summed E-state index contributed by atoms with van der Waals surface area (Å²) in [6.07, 6.45) is 0.787. The maximum absolute atomic E-state index is 12.1. The molecule has 3 N–H and O–H groups in total. The van der Waals surface area contributed by atoms with Crippen molar-refractivity contribution in [1.29, 1.82) is 0 Å². The molecule has 2 rings (SSSR count). The Labute approximate surface area is 165 Å². The van der Waals surface area contributed by atoms with Crippen LogP contribution < -0.4 is 11.1 Å². The number of rotatable bonds is 8. The number of nitrogens with two attached hydrogens (primary N) is 1. The van der Waals surface area contributed by atoms with E-state index in [-0.39, 0.29) is 29.6 Å². The zero-order valence-corrected chi connectivity index (χ0v) is 16.5. The lowest BCUT2D eigenvalue weighted by atomic mass is 10.0. The molecular formula is C19H24Cl2N2OS. The van der Waals surface area contributed by atoms with Crippen molar-refractivity contribution in [3.05, 3.63) is 70.7 Å². The van der Waals surface area contributed by atoms with Crippen molar-refractivity contribution in [1.82, 2.24) is 5.32 Å². The highest BCUT2D eigenvalue weighted by molar-refractivity contribution is 8.00. The Bertz CT molecular complexity index is 636. The molecule has 0 heterocycles. The Morgan fingerprint density at radius 3 is 2.32 bits per heavy atom. The van der Waals surface area contributed by atoms with Crippen LogP contribution in [-0.2, 0) is 4.79 Å². The van der Waals surface area contributed by atoms with E-state index >= 15 is 0 Å². The third kappa shape index (κ3) is 7.70. The van der Waals surface area contributed by atoms with Crippen molar-refractivity contribution in [2.45, 2.75) is 24.6 Å². The van der Waals surface area contributed by atoms with Crippen LogP contribution in [0.25, 0.3) is 0 Å². The molecule has 0 aliphatic carbocycles. The summed E-state index contributed by atoms with van der Waals surface area (Å²) in [6.45, 7) is 2.56. The summed E-state index contributed by atoms with van der Waals surface area (Å²) in [5.74, 6) is 0.441. The lowest BCUT2D eigenvalue weighted by Gasteiger charge is -2.18. The molecule has 0 saturated heterocycles. The van der Waals surface area contributed by atoms with E-state index in [0.29, 0.717) is 17.3 Å². The highest BCUT2D eigenvalue weighted by Gasteiger charge is 2.16. The standard InChI is InChI=1S/C19H23ClN2OS.ClH/c1-14(21)11-12-22-18(23)13-24-19(15-5-3-2-4-6-15)16-7-9-17(20)10-8-16;/h2-10,14,19H,11-13,21H2,1H3,(H,22,23);1H. The fraction of sp³-hybridized carbons (Fsp3) is 0.316. The van der Waals surface area contributed by atoms with Crippen LogP contribution in [0.2, 0.25) is 5.02 Å². The quantitative estimate of drug-likeness (QED) is 0.690. The second-order valence-corrected chi connectivity index (χ2v) is 7.30. The molecule has 2 aromatic carbocycles. The van der Waals surface area contributed by atoms with Gasteiger partial charge in [0.05, 0.1) is 11.0 Å². The molecule has 0 aliphatic rings. The largest absolute Gasteiger partial charge is 0.355 e. The number of thioether (sulfide) groups is 1. The lowest BCUT2D eigenvalue weighted by Crippen LogP contribution is -2.30. The number of benzene rings is 2. The molecule has 0 radical (unpaired) electrons. The highest BCUT2D eigenvalue weighted by Crippen LogP contribution is 2.35. The van der Waals surface area contributed by atoms with Crippen LogP contribution in [0, 0.1) is 0 Å². The molecule has 2 unspecified atom stereocenters. The molecule has 2 aromatic rings. The fourth-order valence-corrected chi connectivity index (χ4v) is 3.54. The first-order chi connectivity index (χ1) is 11.6. The summed E-state index contributed by atoms with van der Waals surface area (Å²) in [7, 11) is 0. The van der Waals surface area contributed by atoms with Crippen molar-refractivity contribution < 1.29 is 4.79 Å². The van der Waals surface area contributed by atoms with Gasteiger partial charge in [0.2, 0.25) is 5.91 Å². The summed E-state index contributed by atoms with van der Waals surface area (Å²) in [4.78, 5) is 12.1. The van der Waals surface area contributed by atoms with Gasteiger partial charge in [-0.15, -0.1) is 24.2 Å². The van der Waals surface area contributed by atoms with E-state index in [1.807, 2.05) is 49.4 Å². The van der Waals surface area contributed by atoms with Gasteiger partial charge < -0.3 is 11.1 Å². The number of hydrogen-bond donors (Lipinski definition) is 2. The van der Waals surface area contributed by atoms with Crippen LogP contribution in [0.1, 0.15) is 29.7 Å². The van der Waals surface area contributed by atoms with Gasteiger partial charge in [-0.2, -0.15) is 0 Å². The van der Waals surface area contributed by atoms with Gasteiger partial charge in [-0.05, 0) is 36.6 Å². The molecule has 25 heavy (non-hydrogen) atoms. The summed E-state index contributed by atoms with van der Waals surface area (Å²) >= 11 is 7.61. The van der Waals surface area contributed by atoms with E-state index in [4.69, 9.17) is 17.3 Å². The van der Waals surface area contributed by atoms with E-state index in [1.54, 1.807) is 11.8 Å². The third-order valence-corrected chi connectivity index (χ3v) is 5.14. The lowest BCUT2D eigenvalue weighted by molar-refractivity contribution is -0.118. The predicted molar refractivity (Wildman–Crippen MR) is 111 cm³/mol. The summed E-state index contributed by atoms with van der Waals surface area (Å²) in [5, 5.41) is 3.73. The molecule has 0 saturated carbocycles. The van der Waals surface area contributed by atoms with Crippen molar-refractivity contribution in [2.24, 2.45) is 5.73 Å². The van der Waals surface area contributed by atoms with Crippen molar-refractivity contribution in [2.75, 3.05) is 12.3 Å². The topological polar surface area (TPSA) is 55.1 Å². The minimum absolute atomic E-state index is 0. The van der Waals surface area contributed by atoms with E-state index in [1.165, 1.54) is 5.56 Å². The van der Waals surface area contributed by atoms with Gasteiger partial charge in [0.15, 0.2) is 0 Å². The molecule has 2 atom stereocenters. The van der Waals surface area contributed by atoms with Gasteiger partial charge in [-0.3, -0.25) is 4.79 Å². The van der Waals surface area contributed by atoms with Crippen LogP contribution in [0.3, 0.4) is 0 Å². The SMILES string of the molecule is CC(N)CCNC(=O)CSC(c1ccccc1)c1ccc(Cl)cc1.Cl. The van der Waals surface area contributed by atoms with Gasteiger partial charge >= 0.3 is 0 Å². The van der Waals surface area contributed by atoms with Crippen LogP contribution in [-0.4, -0.2) is 24.2 Å². The van der Waals surface area contributed by atoms with E-state index in [0.717, 1.165) is 12.0 Å². The molecule has 0 aromatic heterocycles. The Morgan fingerprint density at radius 1 is 1.12 bits per heavy atom. The fourth-order valence-electron chi connectivity index (χ4n) is 2.30. The number of nitrogens with one attached hydrogen (secondary N) is 1. The molecular weight excluding hydrogens is 375 g/mol. The normalized spacial score (nSPS) is 12.8. The molecule has 6 heteroatoms. The van der Waals surface area contributed by atoms with Gasteiger partial charge in [0.1, 0.15) is 0 Å². The molecule has 3 nitrogen and oxygen atoms in total. The Balaban J connectivity index is 0.00000312. The van der Waals surface area contributed by atoms with Gasteiger partial charge in [0.25, 0.3) is 0 Å². The first-order valence-corrected chi connectivity index (χ1v) is 9.43. The maximum atomic E-state index is 12.1. The third-order valence-electron chi connectivity index (χ3n) is 3.58. The molecule has 1 amide bonds. The highest BCUT2D eigenvalue weighted by atomic mass is 35.5. The summed E-state index contributed by atoms with van der Waals surface area (Å²) in [6, 6.07) is 18.1. The minimum atomic E-state index is 0. The van der Waals surface area contributed by atoms with Gasteiger partial charge in [-0.1, -0.05) is 54.1 Å². The van der Waals surface area contributed by atoms with Crippen molar-refractivity contribution >= 4 is 41.7 Å². The summed E-state index contributed by atoms with van der Waals surface area (Å²) < 4.78 is 0. The molecule has 0 spiro atoms. The average molecular weight is 399 g/mol. The Morgan fingerprint density at radius 2 is 1.72 bits per heavy atom. The molecule has 0 fully saturated rings. The van der Waals surface area contributed by atoms with Crippen molar-refractivity contribution in [3.8, 4) is 0 Å².